The number of nitrogens with zero attached hydrogens (tertiary/aromatic N) is 1. The third-order valence-electron chi connectivity index (χ3n) is 4.81. The number of fused-ring (bicyclic) bond motifs is 2. The van der Waals surface area contributed by atoms with Crippen molar-refractivity contribution in [2.45, 2.75) is 44.3 Å². The van der Waals surface area contributed by atoms with Gasteiger partial charge >= 0.3 is 0 Å². The Morgan fingerprint density at radius 2 is 2.04 bits per heavy atom. The monoisotopic (exact) mass is 355 g/mol. The van der Waals surface area contributed by atoms with E-state index in [4.69, 9.17) is 4.74 Å². The molecule has 0 spiro atoms. The van der Waals surface area contributed by atoms with Crippen LogP contribution < -0.4 is 20.7 Å². The summed E-state index contributed by atoms with van der Waals surface area (Å²) >= 11 is 0. The Kier molecular flexibility index (Phi) is 4.34. The molecule has 0 aliphatic carbocycles. The molecule has 3 heterocycles. The van der Waals surface area contributed by atoms with Gasteiger partial charge in [0.2, 0.25) is 17.7 Å². The first-order valence-electron chi connectivity index (χ1n) is 8.74. The number of hydrogen-bond donors (Lipinski definition) is 4. The van der Waals surface area contributed by atoms with Crippen LogP contribution in [0.1, 0.15) is 36.5 Å². The summed E-state index contributed by atoms with van der Waals surface area (Å²) < 4.78 is 5.64. The summed E-state index contributed by atoms with van der Waals surface area (Å²) in [5.74, 6) is 1.01. The van der Waals surface area contributed by atoms with Gasteiger partial charge in [0.15, 0.2) is 0 Å². The van der Waals surface area contributed by atoms with Gasteiger partial charge in [-0.25, -0.2) is 4.98 Å². The van der Waals surface area contributed by atoms with Gasteiger partial charge in [-0.2, -0.15) is 0 Å². The summed E-state index contributed by atoms with van der Waals surface area (Å²) in [6.45, 7) is 1.40. The van der Waals surface area contributed by atoms with Crippen molar-refractivity contribution in [2.24, 2.45) is 0 Å². The smallest absolute Gasteiger partial charge is 0.251 e. The van der Waals surface area contributed by atoms with Crippen LogP contribution in [0.4, 0.5) is 5.95 Å². The SMILES string of the molecule is CC(=O)Nc1ncc(Oc2ccc(C(=O)N[C@@H]3C[C@H]4CC[C@@H]3N4)cc2)[nH]1. The van der Waals surface area contributed by atoms with Crippen molar-refractivity contribution in [3.63, 3.8) is 0 Å². The first kappa shape index (κ1) is 16.6. The number of aromatic nitrogens is 2. The van der Waals surface area contributed by atoms with Gasteiger partial charge in [0.05, 0.1) is 6.20 Å². The molecule has 0 unspecified atom stereocenters. The lowest BCUT2D eigenvalue weighted by Gasteiger charge is -2.21. The fraction of sp³-hybridized carbons (Fsp3) is 0.389. The van der Waals surface area contributed by atoms with Crippen molar-refractivity contribution < 1.29 is 14.3 Å². The van der Waals surface area contributed by atoms with Gasteiger partial charge < -0.3 is 15.4 Å². The predicted octanol–water partition coefficient (Wildman–Crippen LogP) is 1.78. The van der Waals surface area contributed by atoms with Crippen LogP contribution in [0.15, 0.2) is 30.5 Å². The molecular weight excluding hydrogens is 334 g/mol. The van der Waals surface area contributed by atoms with Gasteiger partial charge in [0.25, 0.3) is 5.91 Å². The summed E-state index contributed by atoms with van der Waals surface area (Å²) in [5.41, 5.74) is 0.601. The number of carbonyl (C=O) groups is 2. The van der Waals surface area contributed by atoms with Crippen molar-refractivity contribution in [3.05, 3.63) is 36.0 Å². The lowest BCUT2D eigenvalue weighted by atomic mass is 9.95. The summed E-state index contributed by atoms with van der Waals surface area (Å²) in [6.07, 6.45) is 4.83. The van der Waals surface area contributed by atoms with E-state index < -0.39 is 0 Å². The molecule has 1 aromatic heterocycles. The molecule has 2 saturated heterocycles. The Morgan fingerprint density at radius 1 is 1.23 bits per heavy atom. The summed E-state index contributed by atoms with van der Waals surface area (Å²) in [5, 5.41) is 9.17. The topological polar surface area (TPSA) is 108 Å². The van der Waals surface area contributed by atoms with Crippen molar-refractivity contribution in [1.29, 1.82) is 0 Å². The number of amides is 2. The Morgan fingerprint density at radius 3 is 2.69 bits per heavy atom. The van der Waals surface area contributed by atoms with Gasteiger partial charge in [-0.3, -0.25) is 19.9 Å². The van der Waals surface area contributed by atoms with Crippen molar-refractivity contribution in [1.82, 2.24) is 20.6 Å². The maximum absolute atomic E-state index is 12.4. The number of ether oxygens (including phenoxy) is 1. The number of carbonyl (C=O) groups excluding carboxylic acids is 2. The highest BCUT2D eigenvalue weighted by Crippen LogP contribution is 2.28. The maximum Gasteiger partial charge on any atom is 0.251 e. The number of nitrogens with one attached hydrogen (secondary N) is 4. The second-order valence-electron chi connectivity index (χ2n) is 6.77. The number of imidazole rings is 1. The largest absolute Gasteiger partial charge is 0.439 e. The van der Waals surface area contributed by atoms with Crippen LogP contribution in [0.3, 0.4) is 0 Å². The first-order chi connectivity index (χ1) is 12.6. The van der Waals surface area contributed by atoms with Crippen LogP contribution >= 0.6 is 0 Å². The fourth-order valence-electron chi connectivity index (χ4n) is 3.62. The summed E-state index contributed by atoms with van der Waals surface area (Å²) in [7, 11) is 0. The normalized spacial score (nSPS) is 23.7. The van der Waals surface area contributed by atoms with Crippen molar-refractivity contribution >= 4 is 17.8 Å². The minimum atomic E-state index is -0.216. The van der Waals surface area contributed by atoms with Gasteiger partial charge in [0.1, 0.15) is 5.75 Å². The fourth-order valence-corrected chi connectivity index (χ4v) is 3.62. The van der Waals surface area contributed by atoms with E-state index in [9.17, 15) is 9.59 Å². The Labute approximate surface area is 150 Å². The van der Waals surface area contributed by atoms with E-state index in [2.05, 4.69) is 25.9 Å². The molecule has 8 heteroatoms. The third kappa shape index (κ3) is 3.55. The van der Waals surface area contributed by atoms with E-state index in [1.807, 2.05) is 0 Å². The molecule has 2 amide bonds. The van der Waals surface area contributed by atoms with Gasteiger partial charge in [-0.15, -0.1) is 0 Å². The third-order valence-corrected chi connectivity index (χ3v) is 4.81. The van der Waals surface area contributed by atoms with Crippen LogP contribution in [0.2, 0.25) is 0 Å². The van der Waals surface area contributed by atoms with Crippen LogP contribution in [-0.2, 0) is 4.79 Å². The zero-order valence-corrected chi connectivity index (χ0v) is 14.4. The highest BCUT2D eigenvalue weighted by atomic mass is 16.5. The minimum absolute atomic E-state index is 0.0645. The Hall–Kier alpha value is -2.87. The summed E-state index contributed by atoms with van der Waals surface area (Å²) in [6, 6.07) is 8.10. The van der Waals surface area contributed by atoms with Crippen molar-refractivity contribution in [3.8, 4) is 11.6 Å². The van der Waals surface area contributed by atoms with E-state index in [0.29, 0.717) is 35.2 Å². The molecule has 2 aliphatic heterocycles. The standard InChI is InChI=1S/C18H21N5O3/c1-10(24)20-18-19-9-16(23-18)26-13-5-2-11(3-6-13)17(25)22-15-8-12-4-7-14(15)21-12/h2-3,5-6,9,12,14-15,21H,4,7-8H2,1H3,(H,22,25)(H2,19,20,23,24)/t12-,14+,15-/m1/s1. The van der Waals surface area contributed by atoms with Gasteiger partial charge in [-0.05, 0) is 43.5 Å². The lowest BCUT2D eigenvalue weighted by molar-refractivity contribution is -0.114. The van der Waals surface area contributed by atoms with E-state index in [1.165, 1.54) is 19.5 Å². The van der Waals surface area contributed by atoms with Crippen LogP contribution in [0.5, 0.6) is 11.6 Å². The van der Waals surface area contributed by atoms with Gasteiger partial charge in [-0.1, -0.05) is 0 Å². The molecule has 26 heavy (non-hydrogen) atoms. The molecule has 2 aromatic rings. The number of hydrogen-bond acceptors (Lipinski definition) is 5. The molecule has 2 fully saturated rings. The van der Waals surface area contributed by atoms with E-state index in [1.54, 1.807) is 24.3 Å². The molecular formula is C18H21N5O3. The average molecular weight is 355 g/mol. The lowest BCUT2D eigenvalue weighted by Crippen LogP contribution is -2.42. The molecule has 1 aromatic carbocycles. The van der Waals surface area contributed by atoms with Crippen LogP contribution in [-0.4, -0.2) is 39.9 Å². The Bertz CT molecular complexity index is 816. The molecule has 4 rings (SSSR count). The predicted molar refractivity (Wildman–Crippen MR) is 95.2 cm³/mol. The number of rotatable bonds is 5. The molecule has 2 aliphatic rings. The van der Waals surface area contributed by atoms with Gasteiger partial charge in [0, 0.05) is 30.6 Å². The van der Waals surface area contributed by atoms with Crippen LogP contribution in [0.25, 0.3) is 0 Å². The average Bonchev–Trinajstić information content (AvgIpc) is 3.32. The quantitative estimate of drug-likeness (QED) is 0.654. The number of H-pyrrole nitrogens is 1. The molecule has 8 nitrogen and oxygen atoms in total. The highest BCUT2D eigenvalue weighted by molar-refractivity contribution is 5.94. The molecule has 0 saturated carbocycles. The molecule has 2 bridgehead atoms. The minimum Gasteiger partial charge on any atom is -0.439 e. The molecule has 3 atom stereocenters. The maximum atomic E-state index is 12.4. The molecule has 0 radical (unpaired) electrons. The molecule has 4 N–H and O–H groups in total. The first-order valence-corrected chi connectivity index (χ1v) is 8.74. The second-order valence-corrected chi connectivity index (χ2v) is 6.77. The zero-order valence-electron chi connectivity index (χ0n) is 14.4. The summed E-state index contributed by atoms with van der Waals surface area (Å²) in [4.78, 5) is 30.2. The Balaban J connectivity index is 1.35. The van der Waals surface area contributed by atoms with E-state index in [-0.39, 0.29) is 17.9 Å². The second kappa shape index (κ2) is 6.80. The highest BCUT2D eigenvalue weighted by Gasteiger charge is 2.39. The number of anilines is 1. The van der Waals surface area contributed by atoms with E-state index >= 15 is 0 Å². The molecule has 136 valence electrons. The van der Waals surface area contributed by atoms with Crippen molar-refractivity contribution in [2.75, 3.05) is 5.32 Å². The number of benzene rings is 1. The zero-order chi connectivity index (χ0) is 18.1. The van der Waals surface area contributed by atoms with Crippen LogP contribution in [0, 0.1) is 0 Å². The number of aromatic amines is 1. The van der Waals surface area contributed by atoms with E-state index in [0.717, 1.165) is 12.8 Å².